The van der Waals surface area contributed by atoms with Crippen LogP contribution in [0.15, 0.2) is 30.6 Å². The number of carbonyl (C=O) groups is 1. The van der Waals surface area contributed by atoms with Crippen molar-refractivity contribution in [1.29, 1.82) is 0 Å². The summed E-state index contributed by atoms with van der Waals surface area (Å²) >= 11 is 0. The number of hydrogen-bond acceptors (Lipinski definition) is 4. The van der Waals surface area contributed by atoms with E-state index in [1.165, 1.54) is 11.1 Å². The van der Waals surface area contributed by atoms with Crippen molar-refractivity contribution in [3.05, 3.63) is 41.7 Å². The lowest BCUT2D eigenvalue weighted by Crippen LogP contribution is -2.43. The second kappa shape index (κ2) is 5.90. The third-order valence-electron chi connectivity index (χ3n) is 5.11. The number of benzene rings is 1. The van der Waals surface area contributed by atoms with E-state index in [-0.39, 0.29) is 17.5 Å². The van der Waals surface area contributed by atoms with Gasteiger partial charge in [-0.05, 0) is 30.4 Å². The van der Waals surface area contributed by atoms with Crippen LogP contribution in [0.3, 0.4) is 0 Å². The van der Waals surface area contributed by atoms with Crippen LogP contribution in [0, 0.1) is 5.41 Å². The number of aromatic nitrogens is 3. The summed E-state index contributed by atoms with van der Waals surface area (Å²) < 4.78 is 7.11. The van der Waals surface area contributed by atoms with Gasteiger partial charge in [0.15, 0.2) is 0 Å². The maximum absolute atomic E-state index is 12.5. The Morgan fingerprint density at radius 3 is 2.88 bits per heavy atom. The highest BCUT2D eigenvalue weighted by Crippen LogP contribution is 2.51. The summed E-state index contributed by atoms with van der Waals surface area (Å²) in [5.41, 5.74) is 2.57. The van der Waals surface area contributed by atoms with Crippen molar-refractivity contribution in [2.45, 2.75) is 25.3 Å². The Hall–Kier alpha value is -2.41. The number of urea groups is 1. The van der Waals surface area contributed by atoms with E-state index in [9.17, 15) is 4.79 Å². The molecule has 0 bridgehead atoms. The SMILES string of the molecule is Cn1cnc(NC(=O)NC2c3ccccc3CC23CCOCC3)n1. The van der Waals surface area contributed by atoms with E-state index in [2.05, 4.69) is 38.9 Å². The summed E-state index contributed by atoms with van der Waals surface area (Å²) in [4.78, 5) is 16.5. The predicted molar refractivity (Wildman–Crippen MR) is 88.5 cm³/mol. The highest BCUT2D eigenvalue weighted by Gasteiger charge is 2.47. The number of ether oxygens (including phenoxy) is 1. The molecule has 2 N–H and O–H groups in total. The smallest absolute Gasteiger partial charge is 0.322 e. The van der Waals surface area contributed by atoms with Gasteiger partial charge in [0.05, 0.1) is 6.04 Å². The van der Waals surface area contributed by atoms with Gasteiger partial charge < -0.3 is 10.1 Å². The Bertz CT molecular complexity index is 751. The first-order valence-electron chi connectivity index (χ1n) is 8.25. The summed E-state index contributed by atoms with van der Waals surface area (Å²) in [6.07, 6.45) is 4.45. The van der Waals surface area contributed by atoms with Gasteiger partial charge in [-0.2, -0.15) is 0 Å². The average Bonchev–Trinajstić information content (AvgIpc) is 3.10. The minimum absolute atomic E-state index is 0.0127. The van der Waals surface area contributed by atoms with Crippen molar-refractivity contribution in [3.8, 4) is 0 Å². The van der Waals surface area contributed by atoms with Crippen LogP contribution in [0.1, 0.15) is 30.0 Å². The zero-order valence-corrected chi connectivity index (χ0v) is 13.7. The molecule has 1 aliphatic heterocycles. The standard InChI is InChI=1S/C17H21N5O2/c1-22-11-18-15(21-22)20-16(23)19-14-13-5-3-2-4-12(13)10-17(14)6-8-24-9-7-17/h2-5,11,14H,6-10H2,1H3,(H2,19,20,21,23). The third kappa shape index (κ3) is 2.65. The fourth-order valence-corrected chi connectivity index (χ4v) is 3.93. The molecule has 1 fully saturated rings. The summed E-state index contributed by atoms with van der Waals surface area (Å²) in [7, 11) is 1.76. The maximum atomic E-state index is 12.5. The van der Waals surface area contributed by atoms with Gasteiger partial charge in [0, 0.05) is 25.7 Å². The molecule has 0 saturated carbocycles. The largest absolute Gasteiger partial charge is 0.381 e. The highest BCUT2D eigenvalue weighted by atomic mass is 16.5. The molecule has 1 unspecified atom stereocenters. The van der Waals surface area contributed by atoms with Gasteiger partial charge in [-0.3, -0.25) is 10.00 Å². The van der Waals surface area contributed by atoms with Crippen molar-refractivity contribution in [2.75, 3.05) is 18.5 Å². The quantitative estimate of drug-likeness (QED) is 0.884. The van der Waals surface area contributed by atoms with Crippen LogP contribution in [-0.2, 0) is 18.2 Å². The fourth-order valence-electron chi connectivity index (χ4n) is 3.93. The second-order valence-corrected chi connectivity index (χ2v) is 6.62. The van der Waals surface area contributed by atoms with Crippen LogP contribution in [0.4, 0.5) is 10.7 Å². The van der Waals surface area contributed by atoms with E-state index >= 15 is 0 Å². The third-order valence-corrected chi connectivity index (χ3v) is 5.11. The summed E-state index contributed by atoms with van der Waals surface area (Å²) in [6.45, 7) is 1.49. The Morgan fingerprint density at radius 1 is 1.33 bits per heavy atom. The number of nitrogens with zero attached hydrogens (tertiary/aromatic N) is 3. The number of fused-ring (bicyclic) bond motifs is 1. The first-order valence-corrected chi connectivity index (χ1v) is 8.25. The molecule has 2 aromatic rings. The molecule has 1 aromatic carbocycles. The van der Waals surface area contributed by atoms with Gasteiger partial charge >= 0.3 is 6.03 Å². The zero-order valence-electron chi connectivity index (χ0n) is 13.7. The summed E-state index contributed by atoms with van der Waals surface area (Å²) in [5, 5.41) is 9.96. The number of rotatable bonds is 2. The molecule has 7 nitrogen and oxygen atoms in total. The molecule has 1 aromatic heterocycles. The van der Waals surface area contributed by atoms with Crippen molar-refractivity contribution in [1.82, 2.24) is 20.1 Å². The van der Waals surface area contributed by atoms with Crippen molar-refractivity contribution in [3.63, 3.8) is 0 Å². The highest BCUT2D eigenvalue weighted by molar-refractivity contribution is 5.87. The molecule has 2 amide bonds. The van der Waals surface area contributed by atoms with Gasteiger partial charge in [-0.15, -0.1) is 5.10 Å². The molecule has 1 saturated heterocycles. The van der Waals surface area contributed by atoms with Crippen molar-refractivity contribution < 1.29 is 9.53 Å². The molecule has 0 radical (unpaired) electrons. The van der Waals surface area contributed by atoms with Crippen LogP contribution in [0.25, 0.3) is 0 Å². The van der Waals surface area contributed by atoms with E-state index in [0.717, 1.165) is 32.5 Å². The number of nitrogens with one attached hydrogen (secondary N) is 2. The van der Waals surface area contributed by atoms with Crippen LogP contribution >= 0.6 is 0 Å². The number of hydrogen-bond donors (Lipinski definition) is 2. The van der Waals surface area contributed by atoms with Gasteiger partial charge in [0.1, 0.15) is 6.33 Å². The Kier molecular flexibility index (Phi) is 3.72. The van der Waals surface area contributed by atoms with Crippen LogP contribution in [0.2, 0.25) is 0 Å². The molecular formula is C17H21N5O2. The Morgan fingerprint density at radius 2 is 2.12 bits per heavy atom. The topological polar surface area (TPSA) is 81.1 Å². The molecule has 2 heterocycles. The second-order valence-electron chi connectivity index (χ2n) is 6.62. The molecule has 4 rings (SSSR count). The van der Waals surface area contributed by atoms with Crippen molar-refractivity contribution >= 4 is 12.0 Å². The summed E-state index contributed by atoms with van der Waals surface area (Å²) in [5.74, 6) is 0.308. The molecule has 7 heteroatoms. The monoisotopic (exact) mass is 327 g/mol. The number of anilines is 1. The van der Waals surface area contributed by atoms with E-state index in [1.54, 1.807) is 18.1 Å². The lowest BCUT2D eigenvalue weighted by Gasteiger charge is -2.39. The first-order chi connectivity index (χ1) is 11.7. The normalized spacial score (nSPS) is 21.5. The predicted octanol–water partition coefficient (Wildman–Crippen LogP) is 2.03. The summed E-state index contributed by atoms with van der Waals surface area (Å²) in [6, 6.07) is 8.08. The van der Waals surface area contributed by atoms with E-state index in [4.69, 9.17) is 4.74 Å². The average molecular weight is 327 g/mol. The van der Waals surface area contributed by atoms with E-state index in [0.29, 0.717) is 5.95 Å². The van der Waals surface area contributed by atoms with Gasteiger partial charge in [0.2, 0.25) is 5.95 Å². The van der Waals surface area contributed by atoms with Crippen molar-refractivity contribution in [2.24, 2.45) is 12.5 Å². The fraction of sp³-hybridized carbons (Fsp3) is 0.471. The molecule has 1 atom stereocenters. The minimum Gasteiger partial charge on any atom is -0.381 e. The number of aryl methyl sites for hydroxylation is 1. The Balaban J connectivity index is 1.57. The molecule has 2 aliphatic rings. The molecule has 1 aliphatic carbocycles. The van der Waals surface area contributed by atoms with Gasteiger partial charge in [-0.1, -0.05) is 24.3 Å². The van der Waals surface area contributed by atoms with Gasteiger partial charge in [-0.25, -0.2) is 9.78 Å². The molecule has 24 heavy (non-hydrogen) atoms. The first kappa shape index (κ1) is 15.1. The lowest BCUT2D eigenvalue weighted by atomic mass is 9.74. The Labute approximate surface area is 140 Å². The minimum atomic E-state index is -0.270. The molecular weight excluding hydrogens is 306 g/mol. The molecule has 1 spiro atoms. The maximum Gasteiger partial charge on any atom is 0.322 e. The van der Waals surface area contributed by atoms with Crippen LogP contribution in [0.5, 0.6) is 0 Å². The van der Waals surface area contributed by atoms with Gasteiger partial charge in [0.25, 0.3) is 0 Å². The van der Waals surface area contributed by atoms with Crippen LogP contribution in [-0.4, -0.2) is 34.0 Å². The number of carbonyl (C=O) groups excluding carboxylic acids is 1. The zero-order chi connectivity index (χ0) is 16.6. The van der Waals surface area contributed by atoms with E-state index in [1.807, 2.05) is 6.07 Å². The van der Waals surface area contributed by atoms with E-state index < -0.39 is 0 Å². The lowest BCUT2D eigenvalue weighted by molar-refractivity contribution is 0.00245. The molecule has 126 valence electrons. The number of amides is 2. The van der Waals surface area contributed by atoms with Crippen LogP contribution < -0.4 is 10.6 Å².